The Balaban J connectivity index is 1.55. The maximum absolute atomic E-state index is 12.8. The molecule has 4 rings (SSSR count). The van der Waals surface area contributed by atoms with E-state index in [1.54, 1.807) is 0 Å². The van der Waals surface area contributed by atoms with Crippen molar-refractivity contribution in [3.63, 3.8) is 0 Å². The van der Waals surface area contributed by atoms with Crippen LogP contribution in [0.5, 0.6) is 0 Å². The van der Waals surface area contributed by atoms with Crippen molar-refractivity contribution < 1.29 is 9.32 Å². The fourth-order valence-corrected chi connectivity index (χ4v) is 3.22. The minimum atomic E-state index is -0.0585. The first-order valence-electron chi connectivity index (χ1n) is 8.03. The molecule has 1 aliphatic carbocycles. The van der Waals surface area contributed by atoms with E-state index < -0.39 is 0 Å². The average molecular weight is 315 g/mol. The standard InChI is InChI=1S/C16H21N5O2/c1-19(2)7-13-9-20(8-12-6-17-10-21(12)13)16(22)14-5-15(23-18-14)11-3-4-11/h5-6,10-11,13H,3-4,7-9H2,1-2H3/t13-/m1/s1. The van der Waals surface area contributed by atoms with Gasteiger partial charge in [-0.25, -0.2) is 4.98 Å². The normalized spacial score (nSPS) is 20.8. The molecule has 0 aromatic carbocycles. The van der Waals surface area contributed by atoms with Gasteiger partial charge in [0.2, 0.25) is 0 Å². The first-order valence-corrected chi connectivity index (χ1v) is 8.03. The summed E-state index contributed by atoms with van der Waals surface area (Å²) < 4.78 is 7.49. The number of rotatable bonds is 4. The quantitative estimate of drug-likeness (QED) is 0.855. The number of likely N-dealkylation sites (N-methyl/N-ethyl adjacent to an activating group) is 1. The highest BCUT2D eigenvalue weighted by molar-refractivity contribution is 5.92. The maximum atomic E-state index is 12.8. The highest BCUT2D eigenvalue weighted by Gasteiger charge is 2.32. The van der Waals surface area contributed by atoms with E-state index in [4.69, 9.17) is 4.52 Å². The summed E-state index contributed by atoms with van der Waals surface area (Å²) in [6.07, 6.45) is 5.96. The Hall–Kier alpha value is -2.15. The second kappa shape index (κ2) is 5.49. The topological polar surface area (TPSA) is 67.4 Å². The molecule has 0 unspecified atom stereocenters. The maximum Gasteiger partial charge on any atom is 0.276 e. The molecule has 7 nitrogen and oxygen atoms in total. The molecule has 2 aromatic heterocycles. The van der Waals surface area contributed by atoms with Crippen LogP contribution in [-0.4, -0.2) is 57.6 Å². The molecular formula is C16H21N5O2. The van der Waals surface area contributed by atoms with Crippen LogP contribution >= 0.6 is 0 Å². The third-order valence-corrected chi connectivity index (χ3v) is 4.51. The lowest BCUT2D eigenvalue weighted by atomic mass is 10.1. The molecule has 122 valence electrons. The van der Waals surface area contributed by atoms with Crippen LogP contribution in [0, 0.1) is 0 Å². The largest absolute Gasteiger partial charge is 0.360 e. The highest BCUT2D eigenvalue weighted by Crippen LogP contribution is 2.40. The van der Waals surface area contributed by atoms with E-state index in [1.165, 1.54) is 0 Å². The van der Waals surface area contributed by atoms with Gasteiger partial charge in [0, 0.05) is 31.3 Å². The lowest BCUT2D eigenvalue weighted by molar-refractivity contribution is 0.0653. The third-order valence-electron chi connectivity index (χ3n) is 4.51. The van der Waals surface area contributed by atoms with E-state index in [1.807, 2.05) is 37.6 Å². The van der Waals surface area contributed by atoms with Gasteiger partial charge in [-0.2, -0.15) is 0 Å². The van der Waals surface area contributed by atoms with Gasteiger partial charge in [0.15, 0.2) is 5.69 Å². The van der Waals surface area contributed by atoms with Gasteiger partial charge in [0.05, 0.1) is 24.6 Å². The lowest BCUT2D eigenvalue weighted by Gasteiger charge is -2.35. The van der Waals surface area contributed by atoms with Gasteiger partial charge in [-0.05, 0) is 26.9 Å². The summed E-state index contributed by atoms with van der Waals surface area (Å²) in [7, 11) is 4.08. The molecule has 0 spiro atoms. The number of hydrogen-bond acceptors (Lipinski definition) is 5. The van der Waals surface area contributed by atoms with E-state index in [0.29, 0.717) is 24.7 Å². The average Bonchev–Trinajstić information content (AvgIpc) is 3.07. The Morgan fingerprint density at radius 3 is 3.00 bits per heavy atom. The van der Waals surface area contributed by atoms with Crippen LogP contribution in [-0.2, 0) is 6.54 Å². The number of hydrogen-bond donors (Lipinski definition) is 0. The van der Waals surface area contributed by atoms with Gasteiger partial charge >= 0.3 is 0 Å². The summed E-state index contributed by atoms with van der Waals surface area (Å²) in [6.45, 7) is 2.08. The van der Waals surface area contributed by atoms with Crippen molar-refractivity contribution >= 4 is 5.91 Å². The number of fused-ring (bicyclic) bond motifs is 1. The number of carbonyl (C=O) groups excluding carboxylic acids is 1. The smallest absolute Gasteiger partial charge is 0.276 e. The lowest BCUT2D eigenvalue weighted by Crippen LogP contribution is -2.43. The molecule has 7 heteroatoms. The summed E-state index contributed by atoms with van der Waals surface area (Å²) in [5.74, 6) is 1.26. The Labute approximate surface area is 134 Å². The summed E-state index contributed by atoms with van der Waals surface area (Å²) >= 11 is 0. The van der Waals surface area contributed by atoms with E-state index in [-0.39, 0.29) is 11.9 Å². The van der Waals surface area contributed by atoms with Gasteiger partial charge in [0.25, 0.3) is 5.91 Å². The van der Waals surface area contributed by atoms with Crippen LogP contribution in [0.2, 0.25) is 0 Å². The van der Waals surface area contributed by atoms with Crippen molar-refractivity contribution in [2.24, 2.45) is 0 Å². The number of amides is 1. The molecule has 1 amide bonds. The molecule has 0 saturated heterocycles. The zero-order valence-corrected chi connectivity index (χ0v) is 13.5. The molecule has 0 bridgehead atoms. The van der Waals surface area contributed by atoms with Crippen molar-refractivity contribution in [3.05, 3.63) is 35.7 Å². The monoisotopic (exact) mass is 315 g/mol. The Kier molecular flexibility index (Phi) is 3.45. The number of imidazole rings is 1. The fourth-order valence-electron chi connectivity index (χ4n) is 3.22. The summed E-state index contributed by atoms with van der Waals surface area (Å²) in [5, 5.41) is 3.98. The van der Waals surface area contributed by atoms with Crippen molar-refractivity contribution in [1.82, 2.24) is 24.5 Å². The molecule has 23 heavy (non-hydrogen) atoms. The zero-order valence-electron chi connectivity index (χ0n) is 13.5. The van der Waals surface area contributed by atoms with Crippen LogP contribution in [0.1, 0.15) is 46.7 Å². The van der Waals surface area contributed by atoms with Gasteiger partial charge in [-0.1, -0.05) is 5.16 Å². The molecule has 2 aliphatic rings. The minimum absolute atomic E-state index is 0.0585. The predicted octanol–water partition coefficient (Wildman–Crippen LogP) is 1.51. The van der Waals surface area contributed by atoms with Crippen molar-refractivity contribution in [1.29, 1.82) is 0 Å². The van der Waals surface area contributed by atoms with E-state index >= 15 is 0 Å². The Morgan fingerprint density at radius 1 is 1.43 bits per heavy atom. The highest BCUT2D eigenvalue weighted by atomic mass is 16.5. The van der Waals surface area contributed by atoms with Crippen molar-refractivity contribution in [3.8, 4) is 0 Å². The predicted molar refractivity (Wildman–Crippen MR) is 83.0 cm³/mol. The number of aromatic nitrogens is 3. The zero-order chi connectivity index (χ0) is 16.0. The van der Waals surface area contributed by atoms with Crippen LogP contribution in [0.3, 0.4) is 0 Å². The van der Waals surface area contributed by atoms with Gasteiger partial charge in [-0.3, -0.25) is 4.79 Å². The molecule has 1 fully saturated rings. The second-order valence-electron chi connectivity index (χ2n) is 6.78. The minimum Gasteiger partial charge on any atom is -0.360 e. The first kappa shape index (κ1) is 14.4. The van der Waals surface area contributed by atoms with Gasteiger partial charge < -0.3 is 18.9 Å². The Morgan fingerprint density at radius 2 is 2.26 bits per heavy atom. The molecule has 1 saturated carbocycles. The van der Waals surface area contributed by atoms with Gasteiger partial charge in [-0.15, -0.1) is 0 Å². The Bertz CT molecular complexity index is 716. The van der Waals surface area contributed by atoms with Crippen LogP contribution in [0.25, 0.3) is 0 Å². The molecular weight excluding hydrogens is 294 g/mol. The van der Waals surface area contributed by atoms with Crippen molar-refractivity contribution in [2.45, 2.75) is 31.3 Å². The van der Waals surface area contributed by atoms with E-state index in [0.717, 1.165) is 30.8 Å². The number of carbonyl (C=O) groups is 1. The van der Waals surface area contributed by atoms with Crippen LogP contribution in [0.4, 0.5) is 0 Å². The summed E-state index contributed by atoms with van der Waals surface area (Å²) in [5.41, 5.74) is 1.48. The SMILES string of the molecule is CN(C)C[C@@H]1CN(C(=O)c2cc(C3CC3)on2)Cc2cncn21. The first-order chi connectivity index (χ1) is 11.1. The van der Waals surface area contributed by atoms with E-state index in [9.17, 15) is 4.79 Å². The summed E-state index contributed by atoms with van der Waals surface area (Å²) in [6, 6.07) is 2.02. The second-order valence-corrected chi connectivity index (χ2v) is 6.78. The summed E-state index contributed by atoms with van der Waals surface area (Å²) in [4.78, 5) is 21.0. The molecule has 1 aliphatic heterocycles. The van der Waals surface area contributed by atoms with Crippen LogP contribution < -0.4 is 0 Å². The number of nitrogens with zero attached hydrogens (tertiary/aromatic N) is 5. The molecule has 1 atom stereocenters. The third kappa shape index (κ3) is 2.76. The van der Waals surface area contributed by atoms with Crippen LogP contribution in [0.15, 0.2) is 23.1 Å². The molecule has 3 heterocycles. The molecule has 0 radical (unpaired) electrons. The fraction of sp³-hybridized carbons (Fsp3) is 0.562. The van der Waals surface area contributed by atoms with Crippen molar-refractivity contribution in [2.75, 3.05) is 27.2 Å². The molecule has 2 aromatic rings. The van der Waals surface area contributed by atoms with E-state index in [2.05, 4.69) is 19.6 Å². The molecule has 0 N–H and O–H groups in total. The van der Waals surface area contributed by atoms with Gasteiger partial charge in [0.1, 0.15) is 5.76 Å².